The van der Waals surface area contributed by atoms with Crippen molar-refractivity contribution in [1.29, 1.82) is 0 Å². The lowest BCUT2D eigenvalue weighted by Gasteiger charge is -2.16. The molecule has 0 aromatic heterocycles. The fourth-order valence-corrected chi connectivity index (χ4v) is 3.08. The van der Waals surface area contributed by atoms with Gasteiger partial charge in [-0.25, -0.2) is 13.2 Å². The highest BCUT2D eigenvalue weighted by Gasteiger charge is 2.31. The summed E-state index contributed by atoms with van der Waals surface area (Å²) in [5.41, 5.74) is 1.46. The largest absolute Gasteiger partial charge is 0.478 e. The Morgan fingerprint density at radius 1 is 1.47 bits per heavy atom. The Morgan fingerprint density at radius 2 is 2.12 bits per heavy atom. The van der Waals surface area contributed by atoms with Gasteiger partial charge in [0.1, 0.15) is 0 Å². The Bertz CT molecular complexity index is 579. The number of benzene rings is 1. The summed E-state index contributed by atoms with van der Waals surface area (Å²) in [6.45, 7) is 2.29. The maximum atomic E-state index is 11.6. The Kier molecular flexibility index (Phi) is 2.61. The van der Waals surface area contributed by atoms with Crippen LogP contribution in [-0.2, 0) is 10.0 Å². The van der Waals surface area contributed by atoms with Crippen LogP contribution in [0.1, 0.15) is 28.8 Å². The number of fused-ring (bicyclic) bond motifs is 1. The zero-order valence-corrected chi connectivity index (χ0v) is 10.4. The molecule has 92 valence electrons. The second-order valence-corrected chi connectivity index (χ2v) is 6.18. The number of hydrogen-bond donors (Lipinski definition) is 1. The normalized spacial score (nSPS) is 19.2. The van der Waals surface area contributed by atoms with Crippen LogP contribution >= 0.6 is 0 Å². The van der Waals surface area contributed by atoms with Crippen LogP contribution in [0.5, 0.6) is 0 Å². The molecule has 0 fully saturated rings. The molecule has 2 rings (SSSR count). The predicted molar refractivity (Wildman–Crippen MR) is 64.0 cm³/mol. The third kappa shape index (κ3) is 2.00. The van der Waals surface area contributed by atoms with Crippen molar-refractivity contribution in [3.8, 4) is 0 Å². The second-order valence-electron chi connectivity index (χ2n) is 4.27. The number of sulfonamides is 1. The number of hydrogen-bond acceptors (Lipinski definition) is 3. The van der Waals surface area contributed by atoms with Gasteiger partial charge in [0.15, 0.2) is 0 Å². The van der Waals surface area contributed by atoms with E-state index in [4.69, 9.17) is 5.11 Å². The average Bonchev–Trinajstić information content (AvgIpc) is 2.55. The monoisotopic (exact) mass is 255 g/mol. The van der Waals surface area contributed by atoms with Gasteiger partial charge in [-0.05, 0) is 17.7 Å². The van der Waals surface area contributed by atoms with Crippen LogP contribution in [-0.4, -0.2) is 32.3 Å². The summed E-state index contributed by atoms with van der Waals surface area (Å²) in [5.74, 6) is -0.969. The summed E-state index contributed by atoms with van der Waals surface area (Å²) in [6, 6.07) is 4.61. The first-order valence-electron chi connectivity index (χ1n) is 5.15. The number of rotatable bonds is 2. The third-order valence-electron chi connectivity index (χ3n) is 2.92. The van der Waals surface area contributed by atoms with Gasteiger partial charge < -0.3 is 5.11 Å². The second kappa shape index (κ2) is 3.73. The van der Waals surface area contributed by atoms with Gasteiger partial charge in [-0.2, -0.15) is 0 Å². The zero-order chi connectivity index (χ0) is 12.8. The first kappa shape index (κ1) is 11.9. The van der Waals surface area contributed by atoms with Crippen LogP contribution in [0.15, 0.2) is 18.2 Å². The van der Waals surface area contributed by atoms with Crippen molar-refractivity contribution in [2.24, 2.45) is 0 Å². The van der Waals surface area contributed by atoms with Gasteiger partial charge in [0, 0.05) is 12.5 Å². The topological polar surface area (TPSA) is 74.7 Å². The highest BCUT2D eigenvalue weighted by atomic mass is 32.2. The molecule has 0 radical (unpaired) electrons. The van der Waals surface area contributed by atoms with E-state index in [1.807, 2.05) is 6.92 Å². The minimum Gasteiger partial charge on any atom is -0.478 e. The molecule has 1 aromatic rings. The van der Waals surface area contributed by atoms with E-state index in [1.54, 1.807) is 6.07 Å². The van der Waals surface area contributed by atoms with E-state index in [0.717, 1.165) is 11.8 Å². The number of nitrogens with zero attached hydrogens (tertiary/aromatic N) is 1. The zero-order valence-electron chi connectivity index (χ0n) is 9.54. The molecule has 1 aliphatic heterocycles. The van der Waals surface area contributed by atoms with Crippen molar-refractivity contribution in [3.05, 3.63) is 29.3 Å². The van der Waals surface area contributed by atoms with Crippen LogP contribution < -0.4 is 4.31 Å². The van der Waals surface area contributed by atoms with E-state index in [-0.39, 0.29) is 11.5 Å². The highest BCUT2D eigenvalue weighted by molar-refractivity contribution is 7.92. The Hall–Kier alpha value is -1.56. The van der Waals surface area contributed by atoms with Gasteiger partial charge in [-0.1, -0.05) is 13.0 Å². The molecule has 1 N–H and O–H groups in total. The lowest BCUT2D eigenvalue weighted by Crippen LogP contribution is -2.28. The molecule has 0 saturated heterocycles. The highest BCUT2D eigenvalue weighted by Crippen LogP contribution is 2.37. The molecule has 0 amide bonds. The molecule has 1 aliphatic rings. The maximum absolute atomic E-state index is 11.6. The van der Waals surface area contributed by atoms with E-state index in [9.17, 15) is 13.2 Å². The minimum atomic E-state index is -3.35. The van der Waals surface area contributed by atoms with Gasteiger partial charge in [-0.3, -0.25) is 4.31 Å². The lowest BCUT2D eigenvalue weighted by atomic mass is 10.0. The molecule has 0 aliphatic carbocycles. The Balaban J connectivity index is 2.59. The summed E-state index contributed by atoms with van der Waals surface area (Å²) in [5, 5.41) is 8.90. The van der Waals surface area contributed by atoms with Crippen molar-refractivity contribution in [3.63, 3.8) is 0 Å². The number of carboxylic acids is 1. The van der Waals surface area contributed by atoms with Crippen LogP contribution in [0, 0.1) is 0 Å². The van der Waals surface area contributed by atoms with Crippen LogP contribution in [0.25, 0.3) is 0 Å². The SMILES string of the molecule is CC1CN(S(C)(=O)=O)c2cc(C(=O)O)ccc21. The van der Waals surface area contributed by atoms with Crippen LogP contribution in [0.4, 0.5) is 5.69 Å². The summed E-state index contributed by atoms with van der Waals surface area (Å²) < 4.78 is 24.5. The molecule has 0 spiro atoms. The van der Waals surface area contributed by atoms with E-state index < -0.39 is 16.0 Å². The van der Waals surface area contributed by atoms with Crippen molar-refractivity contribution in [2.45, 2.75) is 12.8 Å². The predicted octanol–water partition coefficient (Wildman–Crippen LogP) is 1.27. The fourth-order valence-electron chi connectivity index (χ4n) is 2.07. The first-order valence-corrected chi connectivity index (χ1v) is 7.00. The van der Waals surface area contributed by atoms with Gasteiger partial charge in [0.25, 0.3) is 0 Å². The van der Waals surface area contributed by atoms with E-state index in [2.05, 4.69) is 0 Å². The van der Waals surface area contributed by atoms with Crippen molar-refractivity contribution in [1.82, 2.24) is 0 Å². The maximum Gasteiger partial charge on any atom is 0.335 e. The molecule has 1 heterocycles. The molecular formula is C11H13NO4S. The number of anilines is 1. The summed E-state index contributed by atoms with van der Waals surface area (Å²) in [4.78, 5) is 10.9. The molecular weight excluding hydrogens is 242 g/mol. The third-order valence-corrected chi connectivity index (χ3v) is 4.06. The minimum absolute atomic E-state index is 0.0857. The van der Waals surface area contributed by atoms with Crippen LogP contribution in [0.3, 0.4) is 0 Å². The molecule has 0 bridgehead atoms. The van der Waals surface area contributed by atoms with E-state index >= 15 is 0 Å². The summed E-state index contributed by atoms with van der Waals surface area (Å²) >= 11 is 0. The molecule has 1 atom stereocenters. The molecule has 5 nitrogen and oxygen atoms in total. The average molecular weight is 255 g/mol. The quantitative estimate of drug-likeness (QED) is 0.863. The van der Waals surface area contributed by atoms with Crippen molar-refractivity contribution in [2.75, 3.05) is 17.1 Å². The number of aromatic carboxylic acids is 1. The lowest BCUT2D eigenvalue weighted by molar-refractivity contribution is 0.0697. The van der Waals surface area contributed by atoms with Gasteiger partial charge in [0.05, 0.1) is 17.5 Å². The van der Waals surface area contributed by atoms with Crippen molar-refractivity contribution >= 4 is 21.7 Å². The molecule has 17 heavy (non-hydrogen) atoms. The smallest absolute Gasteiger partial charge is 0.335 e. The van der Waals surface area contributed by atoms with Gasteiger partial charge in [0.2, 0.25) is 10.0 Å². The number of carboxylic acid groups (broad SMARTS) is 1. The summed E-state index contributed by atoms with van der Waals surface area (Å²) in [6.07, 6.45) is 1.13. The van der Waals surface area contributed by atoms with Gasteiger partial charge >= 0.3 is 5.97 Å². The Morgan fingerprint density at radius 3 is 2.65 bits per heavy atom. The number of carbonyl (C=O) groups is 1. The summed E-state index contributed by atoms with van der Waals surface area (Å²) in [7, 11) is -3.35. The molecule has 0 saturated carbocycles. The van der Waals surface area contributed by atoms with Crippen molar-refractivity contribution < 1.29 is 18.3 Å². The molecule has 6 heteroatoms. The van der Waals surface area contributed by atoms with Crippen LogP contribution in [0.2, 0.25) is 0 Å². The fraction of sp³-hybridized carbons (Fsp3) is 0.364. The molecule has 1 unspecified atom stereocenters. The van der Waals surface area contributed by atoms with E-state index in [1.165, 1.54) is 16.4 Å². The molecule has 1 aromatic carbocycles. The first-order chi connectivity index (χ1) is 7.80. The van der Waals surface area contributed by atoms with E-state index in [0.29, 0.717) is 12.2 Å². The van der Waals surface area contributed by atoms with Gasteiger partial charge in [-0.15, -0.1) is 0 Å². The standard InChI is InChI=1S/C11H13NO4S/c1-7-6-12(17(2,15)16)10-5-8(11(13)14)3-4-9(7)10/h3-5,7H,6H2,1-2H3,(H,13,14). The Labute approximate surface area is 99.7 Å².